The minimum Gasteiger partial charge on any atom is -0.497 e. The van der Waals surface area contributed by atoms with Crippen LogP contribution in [0.5, 0.6) is 5.75 Å². The van der Waals surface area contributed by atoms with Crippen molar-refractivity contribution >= 4 is 11.8 Å². The Labute approximate surface area is 168 Å². The second kappa shape index (κ2) is 9.41. The van der Waals surface area contributed by atoms with Gasteiger partial charge in [0.25, 0.3) is 0 Å². The van der Waals surface area contributed by atoms with E-state index in [0.717, 1.165) is 56.3 Å². The molecule has 2 saturated heterocycles. The lowest BCUT2D eigenvalue weighted by molar-refractivity contribution is -0.139. The molecule has 0 N–H and O–H groups in total. The highest BCUT2D eigenvalue weighted by Gasteiger charge is 2.31. The molecule has 28 heavy (non-hydrogen) atoms. The minimum atomic E-state index is -0.107. The van der Waals surface area contributed by atoms with Crippen LogP contribution in [0.1, 0.15) is 32.3 Å². The van der Waals surface area contributed by atoms with Crippen molar-refractivity contribution < 1.29 is 14.3 Å². The van der Waals surface area contributed by atoms with Crippen LogP contribution in [0.4, 0.5) is 0 Å². The molecule has 0 aliphatic carbocycles. The van der Waals surface area contributed by atoms with Crippen molar-refractivity contribution in [2.75, 3.05) is 46.4 Å². The van der Waals surface area contributed by atoms with Gasteiger partial charge in [-0.15, -0.1) is 0 Å². The fourth-order valence-electron chi connectivity index (χ4n) is 4.08. The van der Waals surface area contributed by atoms with Gasteiger partial charge in [0, 0.05) is 39.3 Å². The minimum absolute atomic E-state index is 0.107. The fraction of sp³-hybridized carbons (Fsp3) is 0.636. The van der Waals surface area contributed by atoms with Gasteiger partial charge in [-0.25, -0.2) is 0 Å². The van der Waals surface area contributed by atoms with E-state index in [0.29, 0.717) is 19.5 Å². The molecule has 3 rings (SSSR count). The second-order valence-corrected chi connectivity index (χ2v) is 8.13. The topological polar surface area (TPSA) is 53.1 Å². The Morgan fingerprint density at radius 2 is 1.75 bits per heavy atom. The van der Waals surface area contributed by atoms with Gasteiger partial charge in [-0.2, -0.15) is 0 Å². The monoisotopic (exact) mass is 387 g/mol. The Hall–Kier alpha value is -2.08. The van der Waals surface area contributed by atoms with Gasteiger partial charge in [0.05, 0.1) is 19.6 Å². The third kappa shape index (κ3) is 5.04. The maximum atomic E-state index is 12.8. The van der Waals surface area contributed by atoms with Crippen molar-refractivity contribution in [3.63, 3.8) is 0 Å². The third-order valence-corrected chi connectivity index (χ3v) is 6.16. The number of piperidine rings is 1. The van der Waals surface area contributed by atoms with Gasteiger partial charge in [-0.05, 0) is 43.4 Å². The van der Waals surface area contributed by atoms with Crippen LogP contribution in [0.15, 0.2) is 24.3 Å². The maximum Gasteiger partial charge on any atom is 0.239 e. The molecule has 1 aromatic rings. The summed E-state index contributed by atoms with van der Waals surface area (Å²) >= 11 is 0. The van der Waals surface area contributed by atoms with Crippen molar-refractivity contribution in [1.82, 2.24) is 14.7 Å². The lowest BCUT2D eigenvalue weighted by Crippen LogP contribution is -2.56. The molecule has 1 aromatic carbocycles. The zero-order valence-corrected chi connectivity index (χ0v) is 17.4. The van der Waals surface area contributed by atoms with E-state index >= 15 is 0 Å². The number of carbonyl (C=O) groups excluding carboxylic acids is 2. The standard InChI is InChI=1S/C22H33N3O3/c1-17-7-9-25(10-8-17)22(27)18(2)23-11-13-24(14-12-23)21(26)16-19-5-4-6-20(15-19)28-3/h4-6,15,17-18H,7-14,16H2,1-3H3. The zero-order valence-electron chi connectivity index (χ0n) is 17.4. The van der Waals surface area contributed by atoms with Crippen molar-refractivity contribution in [3.05, 3.63) is 29.8 Å². The van der Waals surface area contributed by atoms with E-state index < -0.39 is 0 Å². The zero-order chi connectivity index (χ0) is 20.1. The van der Waals surface area contributed by atoms with Gasteiger partial charge in [-0.1, -0.05) is 19.1 Å². The van der Waals surface area contributed by atoms with Gasteiger partial charge in [-0.3, -0.25) is 14.5 Å². The van der Waals surface area contributed by atoms with Gasteiger partial charge < -0.3 is 14.5 Å². The molecule has 1 atom stereocenters. The predicted molar refractivity (Wildman–Crippen MR) is 109 cm³/mol. The van der Waals surface area contributed by atoms with Gasteiger partial charge in [0.1, 0.15) is 5.75 Å². The first-order chi connectivity index (χ1) is 13.5. The Morgan fingerprint density at radius 1 is 1.07 bits per heavy atom. The Balaban J connectivity index is 1.48. The molecule has 0 spiro atoms. The summed E-state index contributed by atoms with van der Waals surface area (Å²) in [4.78, 5) is 31.6. The van der Waals surface area contributed by atoms with Crippen LogP contribution in [0.25, 0.3) is 0 Å². The summed E-state index contributed by atoms with van der Waals surface area (Å²) in [6.07, 6.45) is 2.59. The number of nitrogens with zero attached hydrogens (tertiary/aromatic N) is 3. The van der Waals surface area contributed by atoms with E-state index in [1.54, 1.807) is 7.11 Å². The smallest absolute Gasteiger partial charge is 0.239 e. The van der Waals surface area contributed by atoms with Crippen LogP contribution in [-0.2, 0) is 16.0 Å². The SMILES string of the molecule is COc1cccc(CC(=O)N2CCN(C(C)C(=O)N3CCC(C)CC3)CC2)c1. The molecule has 2 aliphatic heterocycles. The first-order valence-corrected chi connectivity index (χ1v) is 10.4. The first-order valence-electron chi connectivity index (χ1n) is 10.4. The summed E-state index contributed by atoms with van der Waals surface area (Å²) in [6.45, 7) is 8.88. The second-order valence-electron chi connectivity index (χ2n) is 8.13. The molecule has 0 saturated carbocycles. The quantitative estimate of drug-likeness (QED) is 0.776. The summed E-state index contributed by atoms with van der Waals surface area (Å²) in [7, 11) is 1.63. The molecule has 1 unspecified atom stereocenters. The molecule has 6 nitrogen and oxygen atoms in total. The highest BCUT2D eigenvalue weighted by molar-refractivity contribution is 5.82. The molecule has 2 amide bonds. The number of rotatable bonds is 5. The summed E-state index contributed by atoms with van der Waals surface area (Å²) in [6, 6.07) is 7.55. The van der Waals surface area contributed by atoms with Crippen LogP contribution in [0, 0.1) is 5.92 Å². The summed E-state index contributed by atoms with van der Waals surface area (Å²) < 4.78 is 5.23. The number of methoxy groups -OCH3 is 1. The number of hydrogen-bond donors (Lipinski definition) is 0. The summed E-state index contributed by atoms with van der Waals surface area (Å²) in [5.41, 5.74) is 0.967. The Morgan fingerprint density at radius 3 is 2.39 bits per heavy atom. The van der Waals surface area contributed by atoms with Crippen molar-refractivity contribution in [3.8, 4) is 5.75 Å². The number of carbonyl (C=O) groups is 2. The van der Waals surface area contributed by atoms with E-state index in [-0.39, 0.29) is 17.9 Å². The third-order valence-electron chi connectivity index (χ3n) is 6.16. The summed E-state index contributed by atoms with van der Waals surface area (Å²) in [5, 5.41) is 0. The molecule has 2 heterocycles. The molecule has 2 aliphatic rings. The molecule has 154 valence electrons. The van der Waals surface area contributed by atoms with Crippen LogP contribution in [0.2, 0.25) is 0 Å². The van der Waals surface area contributed by atoms with Crippen LogP contribution >= 0.6 is 0 Å². The van der Waals surface area contributed by atoms with Gasteiger partial charge >= 0.3 is 0 Å². The van der Waals surface area contributed by atoms with E-state index in [4.69, 9.17) is 4.74 Å². The molecule has 6 heteroatoms. The van der Waals surface area contributed by atoms with Crippen LogP contribution in [0.3, 0.4) is 0 Å². The maximum absolute atomic E-state index is 12.8. The largest absolute Gasteiger partial charge is 0.497 e. The lowest BCUT2D eigenvalue weighted by atomic mass is 9.98. The Kier molecular flexibility index (Phi) is 6.94. The van der Waals surface area contributed by atoms with Crippen LogP contribution in [-0.4, -0.2) is 78.9 Å². The van der Waals surface area contributed by atoms with E-state index in [1.165, 1.54) is 0 Å². The van der Waals surface area contributed by atoms with Crippen LogP contribution < -0.4 is 4.74 Å². The molecule has 0 radical (unpaired) electrons. The van der Waals surface area contributed by atoms with Crippen molar-refractivity contribution in [2.24, 2.45) is 5.92 Å². The number of benzene rings is 1. The van der Waals surface area contributed by atoms with E-state index in [1.807, 2.05) is 41.0 Å². The highest BCUT2D eigenvalue weighted by Crippen LogP contribution is 2.19. The molecule has 0 aromatic heterocycles. The molecule has 0 bridgehead atoms. The van der Waals surface area contributed by atoms with Crippen molar-refractivity contribution in [2.45, 2.75) is 39.2 Å². The average molecular weight is 388 g/mol. The van der Waals surface area contributed by atoms with E-state index in [2.05, 4.69) is 11.8 Å². The number of amides is 2. The highest BCUT2D eigenvalue weighted by atomic mass is 16.5. The number of hydrogen-bond acceptors (Lipinski definition) is 4. The summed E-state index contributed by atoms with van der Waals surface area (Å²) in [5.74, 6) is 1.87. The Bertz CT molecular complexity index is 677. The molecular weight excluding hydrogens is 354 g/mol. The fourth-order valence-corrected chi connectivity index (χ4v) is 4.08. The molecular formula is C22H33N3O3. The van der Waals surface area contributed by atoms with Crippen molar-refractivity contribution in [1.29, 1.82) is 0 Å². The number of piperazine rings is 1. The van der Waals surface area contributed by atoms with Gasteiger partial charge in [0.2, 0.25) is 11.8 Å². The van der Waals surface area contributed by atoms with Gasteiger partial charge in [0.15, 0.2) is 0 Å². The first kappa shape index (κ1) is 20.6. The van der Waals surface area contributed by atoms with E-state index in [9.17, 15) is 9.59 Å². The molecule has 2 fully saturated rings. The average Bonchev–Trinajstić information content (AvgIpc) is 2.73. The number of likely N-dealkylation sites (tertiary alicyclic amines) is 1. The predicted octanol–water partition coefficient (Wildman–Crippen LogP) is 2.03. The normalized spacial score (nSPS) is 20.1. The lowest BCUT2D eigenvalue weighted by Gasteiger charge is -2.40. The number of ether oxygens (including phenoxy) is 1.